The van der Waals surface area contributed by atoms with Gasteiger partial charge in [0.1, 0.15) is 5.49 Å². The molecule has 0 aliphatic rings. The van der Waals surface area contributed by atoms with Gasteiger partial charge in [0, 0.05) is 31.1 Å². The lowest BCUT2D eigenvalue weighted by Gasteiger charge is -2.07. The summed E-state index contributed by atoms with van der Waals surface area (Å²) in [5, 5.41) is 8.14. The van der Waals surface area contributed by atoms with Crippen LogP contribution < -0.4 is 5.49 Å². The van der Waals surface area contributed by atoms with Gasteiger partial charge in [-0.3, -0.25) is 4.79 Å². The minimum absolute atomic E-state index is 0.203. The SMILES string of the molecule is Cc1ccc(Cn2ccccc2=NC(=O)CCc2nnc(-c3ccc(C)cc3)o2)cc1. The Morgan fingerprint density at radius 3 is 2.39 bits per heavy atom. The number of aromatic nitrogens is 3. The van der Waals surface area contributed by atoms with Crippen molar-refractivity contribution in [1.82, 2.24) is 14.8 Å². The predicted molar refractivity (Wildman–Crippen MR) is 118 cm³/mol. The lowest BCUT2D eigenvalue weighted by molar-refractivity contribution is -0.118. The van der Waals surface area contributed by atoms with Crippen molar-refractivity contribution in [2.45, 2.75) is 33.2 Å². The molecule has 2 heterocycles. The van der Waals surface area contributed by atoms with E-state index < -0.39 is 0 Å². The van der Waals surface area contributed by atoms with Crippen molar-refractivity contribution in [1.29, 1.82) is 0 Å². The van der Waals surface area contributed by atoms with E-state index in [0.717, 1.165) is 16.7 Å². The summed E-state index contributed by atoms with van der Waals surface area (Å²) in [5.41, 5.74) is 5.02. The van der Waals surface area contributed by atoms with Crippen LogP contribution in [0.4, 0.5) is 0 Å². The first-order chi connectivity index (χ1) is 15.1. The van der Waals surface area contributed by atoms with Gasteiger partial charge in [0.2, 0.25) is 17.7 Å². The van der Waals surface area contributed by atoms with Crippen molar-refractivity contribution in [2.75, 3.05) is 0 Å². The largest absolute Gasteiger partial charge is 0.421 e. The Balaban J connectivity index is 1.43. The number of pyridine rings is 1. The molecule has 0 bridgehead atoms. The van der Waals surface area contributed by atoms with E-state index in [2.05, 4.69) is 46.4 Å². The standard InChI is InChI=1S/C25H24N4O2/c1-18-6-10-20(11-7-18)17-29-16-4-3-5-22(29)26-23(30)14-15-24-27-28-25(31-24)21-12-8-19(2)9-13-21/h3-13,16H,14-15,17H2,1-2H3. The first kappa shape index (κ1) is 20.5. The Kier molecular flexibility index (Phi) is 6.17. The minimum atomic E-state index is -0.223. The molecular formula is C25H24N4O2. The number of nitrogens with zero attached hydrogens (tertiary/aromatic N) is 4. The summed E-state index contributed by atoms with van der Waals surface area (Å²) in [6, 6.07) is 21.8. The van der Waals surface area contributed by atoms with Gasteiger partial charge in [-0.25, -0.2) is 0 Å². The maximum absolute atomic E-state index is 12.5. The Morgan fingerprint density at radius 2 is 1.65 bits per heavy atom. The first-order valence-corrected chi connectivity index (χ1v) is 10.2. The highest BCUT2D eigenvalue weighted by atomic mass is 16.4. The van der Waals surface area contributed by atoms with Crippen LogP contribution in [0.2, 0.25) is 0 Å². The van der Waals surface area contributed by atoms with E-state index in [9.17, 15) is 4.79 Å². The summed E-state index contributed by atoms with van der Waals surface area (Å²) in [6.07, 6.45) is 2.48. The molecule has 2 aromatic heterocycles. The lowest BCUT2D eigenvalue weighted by Crippen LogP contribution is -2.22. The van der Waals surface area contributed by atoms with Crippen molar-refractivity contribution in [3.63, 3.8) is 0 Å². The van der Waals surface area contributed by atoms with E-state index >= 15 is 0 Å². The lowest BCUT2D eigenvalue weighted by atomic mass is 10.1. The smallest absolute Gasteiger partial charge is 0.248 e. The average Bonchev–Trinajstić information content (AvgIpc) is 3.25. The van der Waals surface area contributed by atoms with Crippen LogP contribution in [0.25, 0.3) is 11.5 Å². The Bertz CT molecular complexity index is 1240. The third-order valence-corrected chi connectivity index (χ3v) is 4.95. The number of rotatable bonds is 6. The van der Waals surface area contributed by atoms with Gasteiger partial charge in [0.15, 0.2) is 0 Å². The van der Waals surface area contributed by atoms with Crippen LogP contribution in [0.1, 0.15) is 29.0 Å². The van der Waals surface area contributed by atoms with Gasteiger partial charge in [-0.1, -0.05) is 53.6 Å². The molecule has 0 saturated heterocycles. The van der Waals surface area contributed by atoms with E-state index in [1.54, 1.807) is 0 Å². The van der Waals surface area contributed by atoms with Crippen molar-refractivity contribution < 1.29 is 9.21 Å². The van der Waals surface area contributed by atoms with Gasteiger partial charge in [-0.2, -0.15) is 4.99 Å². The third kappa shape index (κ3) is 5.42. The van der Waals surface area contributed by atoms with Crippen LogP contribution in [0.3, 0.4) is 0 Å². The fraction of sp³-hybridized carbons (Fsp3) is 0.200. The second kappa shape index (κ2) is 9.34. The van der Waals surface area contributed by atoms with Crippen LogP contribution >= 0.6 is 0 Å². The third-order valence-electron chi connectivity index (χ3n) is 4.95. The van der Waals surface area contributed by atoms with Crippen molar-refractivity contribution in [3.8, 4) is 11.5 Å². The van der Waals surface area contributed by atoms with Crippen LogP contribution in [0, 0.1) is 13.8 Å². The van der Waals surface area contributed by atoms with Gasteiger partial charge in [0.25, 0.3) is 0 Å². The number of amides is 1. The molecule has 2 aromatic carbocycles. The summed E-state index contributed by atoms with van der Waals surface area (Å²) in [5.74, 6) is 0.664. The molecule has 0 unspecified atom stereocenters. The van der Waals surface area contributed by atoms with E-state index in [1.807, 2.05) is 60.2 Å². The van der Waals surface area contributed by atoms with Crippen molar-refractivity contribution >= 4 is 5.91 Å². The van der Waals surface area contributed by atoms with E-state index in [4.69, 9.17) is 4.42 Å². The van der Waals surface area contributed by atoms with Gasteiger partial charge in [-0.05, 0) is 43.7 Å². The fourth-order valence-electron chi connectivity index (χ4n) is 3.16. The molecular weight excluding hydrogens is 388 g/mol. The molecule has 31 heavy (non-hydrogen) atoms. The molecule has 0 aliphatic carbocycles. The number of carbonyl (C=O) groups excluding carboxylic acids is 1. The predicted octanol–water partition coefficient (Wildman–Crippen LogP) is 4.26. The monoisotopic (exact) mass is 412 g/mol. The normalized spacial score (nSPS) is 11.6. The Labute approximate surface area is 180 Å². The highest BCUT2D eigenvalue weighted by molar-refractivity contribution is 5.76. The maximum atomic E-state index is 12.5. The molecule has 0 saturated carbocycles. The number of hydrogen-bond acceptors (Lipinski definition) is 4. The van der Waals surface area contributed by atoms with Gasteiger partial charge >= 0.3 is 0 Å². The van der Waals surface area contributed by atoms with Gasteiger partial charge in [0.05, 0.1) is 0 Å². The molecule has 6 heteroatoms. The summed E-state index contributed by atoms with van der Waals surface area (Å²) in [7, 11) is 0. The molecule has 0 N–H and O–H groups in total. The zero-order chi connectivity index (χ0) is 21.6. The number of hydrogen-bond donors (Lipinski definition) is 0. The second-order valence-electron chi connectivity index (χ2n) is 7.54. The molecule has 0 radical (unpaired) electrons. The minimum Gasteiger partial charge on any atom is -0.421 e. The van der Waals surface area contributed by atoms with Crippen molar-refractivity contribution in [3.05, 3.63) is 101 Å². The van der Waals surface area contributed by atoms with E-state index in [-0.39, 0.29) is 12.3 Å². The van der Waals surface area contributed by atoms with Crippen LogP contribution in [0.15, 0.2) is 82.3 Å². The highest BCUT2D eigenvalue weighted by Gasteiger charge is 2.10. The molecule has 4 rings (SSSR count). The fourth-order valence-corrected chi connectivity index (χ4v) is 3.16. The Hall–Kier alpha value is -3.80. The van der Waals surface area contributed by atoms with E-state index in [0.29, 0.717) is 30.2 Å². The first-order valence-electron chi connectivity index (χ1n) is 10.2. The van der Waals surface area contributed by atoms with E-state index in [1.165, 1.54) is 5.56 Å². The van der Waals surface area contributed by atoms with Crippen LogP contribution in [0.5, 0.6) is 0 Å². The van der Waals surface area contributed by atoms with Crippen LogP contribution in [-0.4, -0.2) is 20.7 Å². The molecule has 0 spiro atoms. The number of carbonyl (C=O) groups is 1. The summed E-state index contributed by atoms with van der Waals surface area (Å²) in [4.78, 5) is 16.8. The number of aryl methyl sites for hydroxylation is 3. The summed E-state index contributed by atoms with van der Waals surface area (Å²) < 4.78 is 7.66. The molecule has 0 atom stereocenters. The quantitative estimate of drug-likeness (QED) is 0.474. The molecule has 0 aliphatic heterocycles. The van der Waals surface area contributed by atoms with Crippen molar-refractivity contribution in [2.24, 2.45) is 4.99 Å². The summed E-state index contributed by atoms with van der Waals surface area (Å²) in [6.45, 7) is 4.73. The molecule has 156 valence electrons. The molecule has 6 nitrogen and oxygen atoms in total. The Morgan fingerprint density at radius 1 is 0.935 bits per heavy atom. The zero-order valence-electron chi connectivity index (χ0n) is 17.7. The van der Waals surface area contributed by atoms with Crippen LogP contribution in [-0.2, 0) is 17.8 Å². The topological polar surface area (TPSA) is 73.3 Å². The second-order valence-corrected chi connectivity index (χ2v) is 7.54. The maximum Gasteiger partial charge on any atom is 0.248 e. The highest BCUT2D eigenvalue weighted by Crippen LogP contribution is 2.18. The summed E-state index contributed by atoms with van der Waals surface area (Å²) >= 11 is 0. The zero-order valence-corrected chi connectivity index (χ0v) is 17.7. The molecule has 1 amide bonds. The molecule has 4 aromatic rings. The average molecular weight is 412 g/mol. The van der Waals surface area contributed by atoms with Gasteiger partial charge < -0.3 is 8.98 Å². The number of benzene rings is 2. The van der Waals surface area contributed by atoms with Gasteiger partial charge in [-0.15, -0.1) is 10.2 Å². The molecule has 0 fully saturated rings.